The first-order valence-electron chi connectivity index (χ1n) is 6.45. The summed E-state index contributed by atoms with van der Waals surface area (Å²) in [5.74, 6) is 1.19. The molecule has 2 heterocycles. The highest BCUT2D eigenvalue weighted by molar-refractivity contribution is 7.09. The van der Waals surface area contributed by atoms with Crippen molar-refractivity contribution in [3.05, 3.63) is 70.0 Å². The maximum atomic E-state index is 6.12. The van der Waals surface area contributed by atoms with Crippen molar-refractivity contribution in [2.75, 3.05) is 0 Å². The van der Waals surface area contributed by atoms with Crippen LogP contribution in [0.3, 0.4) is 0 Å². The van der Waals surface area contributed by atoms with Gasteiger partial charge in [-0.15, -0.1) is 11.3 Å². The van der Waals surface area contributed by atoms with E-state index in [4.69, 9.17) is 10.3 Å². The van der Waals surface area contributed by atoms with E-state index in [9.17, 15) is 0 Å². The molecule has 3 aromatic rings. The third kappa shape index (κ3) is 3.12. The summed E-state index contributed by atoms with van der Waals surface area (Å²) in [6, 6.07) is 13.9. The summed E-state index contributed by atoms with van der Waals surface area (Å²) >= 11 is 1.69. The molecule has 0 fully saturated rings. The van der Waals surface area contributed by atoms with Crippen molar-refractivity contribution in [1.82, 2.24) is 10.1 Å². The first-order chi connectivity index (χ1) is 9.81. The largest absolute Gasteiger partial charge is 0.338 e. The lowest BCUT2D eigenvalue weighted by molar-refractivity contribution is 0.350. The Morgan fingerprint density at radius 1 is 1.15 bits per heavy atom. The SMILES string of the molecule is NC(Cc1ccccc1)c1nc(Cc2cccs2)no1. The van der Waals surface area contributed by atoms with Crippen LogP contribution in [0.5, 0.6) is 0 Å². The third-order valence-electron chi connectivity index (χ3n) is 3.01. The molecule has 1 unspecified atom stereocenters. The van der Waals surface area contributed by atoms with Crippen LogP contribution in [0.2, 0.25) is 0 Å². The monoisotopic (exact) mass is 285 g/mol. The van der Waals surface area contributed by atoms with Gasteiger partial charge in [-0.3, -0.25) is 0 Å². The molecule has 102 valence electrons. The van der Waals surface area contributed by atoms with Gasteiger partial charge in [0.15, 0.2) is 5.82 Å². The van der Waals surface area contributed by atoms with Crippen LogP contribution in [0.15, 0.2) is 52.4 Å². The van der Waals surface area contributed by atoms with Gasteiger partial charge >= 0.3 is 0 Å². The minimum atomic E-state index is -0.262. The Morgan fingerprint density at radius 2 is 2.00 bits per heavy atom. The molecular weight excluding hydrogens is 270 g/mol. The zero-order valence-electron chi connectivity index (χ0n) is 10.9. The maximum absolute atomic E-state index is 6.12. The predicted octanol–water partition coefficient (Wildman–Crippen LogP) is 2.96. The quantitative estimate of drug-likeness (QED) is 0.782. The molecule has 20 heavy (non-hydrogen) atoms. The summed E-state index contributed by atoms with van der Waals surface area (Å²) < 4.78 is 5.27. The number of rotatable bonds is 5. The standard InChI is InChI=1S/C15H15N3OS/c16-13(9-11-5-2-1-3-6-11)15-17-14(18-19-15)10-12-7-4-8-20-12/h1-8,13H,9-10,16H2. The predicted molar refractivity (Wildman–Crippen MR) is 78.5 cm³/mol. The van der Waals surface area contributed by atoms with Crippen molar-refractivity contribution < 1.29 is 4.52 Å². The molecule has 0 spiro atoms. The lowest BCUT2D eigenvalue weighted by atomic mass is 10.1. The third-order valence-corrected chi connectivity index (χ3v) is 3.89. The summed E-state index contributed by atoms with van der Waals surface area (Å²) in [4.78, 5) is 5.60. The van der Waals surface area contributed by atoms with Crippen molar-refractivity contribution in [2.45, 2.75) is 18.9 Å². The topological polar surface area (TPSA) is 64.9 Å². The molecule has 0 saturated carbocycles. The molecule has 0 radical (unpaired) electrons. The second kappa shape index (κ2) is 5.98. The van der Waals surface area contributed by atoms with Crippen molar-refractivity contribution in [1.29, 1.82) is 0 Å². The van der Waals surface area contributed by atoms with Gasteiger partial charge in [-0.2, -0.15) is 4.98 Å². The van der Waals surface area contributed by atoms with Gasteiger partial charge in [-0.1, -0.05) is 41.6 Å². The number of nitrogens with two attached hydrogens (primary N) is 1. The number of benzene rings is 1. The molecular formula is C15H15N3OS. The Hall–Kier alpha value is -1.98. The fraction of sp³-hybridized carbons (Fsp3) is 0.200. The Morgan fingerprint density at radius 3 is 2.75 bits per heavy atom. The number of aromatic nitrogens is 2. The smallest absolute Gasteiger partial charge is 0.243 e. The maximum Gasteiger partial charge on any atom is 0.243 e. The fourth-order valence-corrected chi connectivity index (χ4v) is 2.72. The van der Waals surface area contributed by atoms with Gasteiger partial charge < -0.3 is 10.3 Å². The molecule has 5 heteroatoms. The van der Waals surface area contributed by atoms with Crippen molar-refractivity contribution >= 4 is 11.3 Å². The Labute approximate surface area is 121 Å². The summed E-state index contributed by atoms with van der Waals surface area (Å²) in [5.41, 5.74) is 7.28. The minimum Gasteiger partial charge on any atom is -0.338 e. The first kappa shape index (κ1) is 13.0. The molecule has 4 nitrogen and oxygen atoms in total. The summed E-state index contributed by atoms with van der Waals surface area (Å²) in [7, 11) is 0. The van der Waals surface area contributed by atoms with Gasteiger partial charge in [0.2, 0.25) is 5.89 Å². The average molecular weight is 285 g/mol. The molecule has 0 saturated heterocycles. The molecule has 0 bridgehead atoms. The van der Waals surface area contributed by atoms with Gasteiger partial charge in [0, 0.05) is 11.3 Å². The van der Waals surface area contributed by atoms with Crippen LogP contribution in [0, 0.1) is 0 Å². The fourth-order valence-electron chi connectivity index (χ4n) is 2.01. The van der Waals surface area contributed by atoms with E-state index in [1.165, 1.54) is 4.88 Å². The lowest BCUT2D eigenvalue weighted by Gasteiger charge is -2.05. The van der Waals surface area contributed by atoms with E-state index in [2.05, 4.69) is 16.2 Å². The number of hydrogen-bond donors (Lipinski definition) is 1. The van der Waals surface area contributed by atoms with E-state index in [1.807, 2.05) is 41.8 Å². The first-order valence-corrected chi connectivity index (χ1v) is 7.33. The molecule has 0 aliphatic rings. The van der Waals surface area contributed by atoms with Gasteiger partial charge in [-0.25, -0.2) is 0 Å². The molecule has 1 atom stereocenters. The van der Waals surface area contributed by atoms with E-state index in [0.29, 0.717) is 24.6 Å². The average Bonchev–Trinajstić information content (AvgIpc) is 3.12. The Bertz CT molecular complexity index is 649. The molecule has 3 rings (SSSR count). The van der Waals surface area contributed by atoms with Crippen LogP contribution in [0.4, 0.5) is 0 Å². The van der Waals surface area contributed by atoms with E-state index < -0.39 is 0 Å². The summed E-state index contributed by atoms with van der Waals surface area (Å²) in [5, 5.41) is 6.03. The molecule has 0 aliphatic heterocycles. The van der Waals surface area contributed by atoms with Crippen LogP contribution >= 0.6 is 11.3 Å². The van der Waals surface area contributed by atoms with E-state index in [0.717, 1.165) is 5.56 Å². The van der Waals surface area contributed by atoms with Crippen LogP contribution in [-0.4, -0.2) is 10.1 Å². The number of hydrogen-bond acceptors (Lipinski definition) is 5. The Kier molecular flexibility index (Phi) is 3.90. The van der Waals surface area contributed by atoms with Gasteiger partial charge in [0.05, 0.1) is 6.04 Å². The second-order valence-corrected chi connectivity index (χ2v) is 5.63. The Balaban J connectivity index is 1.67. The van der Waals surface area contributed by atoms with Crippen molar-refractivity contribution in [3.63, 3.8) is 0 Å². The molecule has 0 aliphatic carbocycles. The second-order valence-electron chi connectivity index (χ2n) is 4.60. The van der Waals surface area contributed by atoms with Gasteiger partial charge in [-0.05, 0) is 23.4 Å². The van der Waals surface area contributed by atoms with Crippen molar-refractivity contribution in [3.8, 4) is 0 Å². The molecule has 0 amide bonds. The number of nitrogens with zero attached hydrogens (tertiary/aromatic N) is 2. The summed E-state index contributed by atoms with van der Waals surface area (Å²) in [6.45, 7) is 0. The van der Waals surface area contributed by atoms with Crippen LogP contribution in [0.1, 0.15) is 28.2 Å². The summed E-state index contributed by atoms with van der Waals surface area (Å²) in [6.07, 6.45) is 1.39. The van der Waals surface area contributed by atoms with Crippen LogP contribution in [-0.2, 0) is 12.8 Å². The highest BCUT2D eigenvalue weighted by Crippen LogP contribution is 2.17. The number of thiophene rings is 1. The van der Waals surface area contributed by atoms with Gasteiger partial charge in [0.1, 0.15) is 0 Å². The zero-order valence-corrected chi connectivity index (χ0v) is 11.7. The highest BCUT2D eigenvalue weighted by Gasteiger charge is 2.15. The van der Waals surface area contributed by atoms with Crippen molar-refractivity contribution in [2.24, 2.45) is 5.73 Å². The van der Waals surface area contributed by atoms with Gasteiger partial charge in [0.25, 0.3) is 0 Å². The molecule has 2 N–H and O–H groups in total. The minimum absolute atomic E-state index is 0.262. The highest BCUT2D eigenvalue weighted by atomic mass is 32.1. The lowest BCUT2D eigenvalue weighted by Crippen LogP contribution is -2.13. The van der Waals surface area contributed by atoms with Crippen LogP contribution < -0.4 is 5.73 Å². The molecule has 1 aromatic carbocycles. The van der Waals surface area contributed by atoms with Crippen LogP contribution in [0.25, 0.3) is 0 Å². The normalized spacial score (nSPS) is 12.4. The van der Waals surface area contributed by atoms with E-state index in [-0.39, 0.29) is 6.04 Å². The van der Waals surface area contributed by atoms with E-state index >= 15 is 0 Å². The zero-order chi connectivity index (χ0) is 13.8. The van der Waals surface area contributed by atoms with E-state index in [1.54, 1.807) is 11.3 Å². The molecule has 2 aromatic heterocycles.